The fourth-order valence-corrected chi connectivity index (χ4v) is 0.783. The van der Waals surface area contributed by atoms with E-state index in [4.69, 9.17) is 10.3 Å². The molecule has 0 saturated carbocycles. The number of carbonyl (C=O) groups excluding carboxylic acids is 1. The topological polar surface area (TPSA) is 87.1 Å². The molecule has 0 aromatic carbocycles. The summed E-state index contributed by atoms with van der Waals surface area (Å²) in [5.41, 5.74) is 7.97. The van der Waals surface area contributed by atoms with Crippen molar-refractivity contribution in [2.45, 2.75) is 19.8 Å². The van der Waals surface area contributed by atoms with Crippen LogP contribution in [0.3, 0.4) is 0 Å². The zero-order chi connectivity index (χ0) is 10.6. The molecule has 0 aliphatic rings. The number of rotatable bonds is 8. The Morgan fingerprint density at radius 1 is 1.64 bits per heavy atom. The quantitative estimate of drug-likeness (QED) is 0.276. The molecule has 6 heteroatoms. The summed E-state index contributed by atoms with van der Waals surface area (Å²) in [5, 5.41) is 6.00. The van der Waals surface area contributed by atoms with Gasteiger partial charge in [-0.05, 0) is 18.4 Å². The first kappa shape index (κ1) is 12.7. The number of nitrogens with one attached hydrogen (secondary N) is 1. The average molecular weight is 200 g/mol. The molecule has 0 aromatic heterocycles. The number of ether oxygens (including phenoxy) is 1. The number of amides is 1. The summed E-state index contributed by atoms with van der Waals surface area (Å²) in [6.07, 6.45) is 1.56. The van der Waals surface area contributed by atoms with Crippen LogP contribution in [0.2, 0.25) is 0 Å². The van der Waals surface area contributed by atoms with Crippen molar-refractivity contribution in [2.75, 3.05) is 26.3 Å². The van der Waals surface area contributed by atoms with Crippen molar-refractivity contribution in [1.82, 2.24) is 5.32 Å². The molecule has 1 N–H and O–H groups in total. The zero-order valence-electron chi connectivity index (χ0n) is 8.40. The maximum Gasteiger partial charge on any atom is 0.245 e. The van der Waals surface area contributed by atoms with Crippen molar-refractivity contribution in [3.8, 4) is 0 Å². The molecule has 0 bridgehead atoms. The summed E-state index contributed by atoms with van der Waals surface area (Å²) in [7, 11) is 0. The molecule has 0 fully saturated rings. The van der Waals surface area contributed by atoms with Gasteiger partial charge in [0, 0.05) is 24.6 Å². The fraction of sp³-hybridized carbons (Fsp3) is 0.875. The average Bonchev–Trinajstić information content (AvgIpc) is 2.18. The summed E-state index contributed by atoms with van der Waals surface area (Å²) in [6.45, 7) is 3.62. The van der Waals surface area contributed by atoms with Crippen LogP contribution in [0.25, 0.3) is 10.4 Å². The van der Waals surface area contributed by atoms with E-state index in [1.807, 2.05) is 6.92 Å². The fourth-order valence-electron chi connectivity index (χ4n) is 0.783. The van der Waals surface area contributed by atoms with Gasteiger partial charge in [0.05, 0.1) is 0 Å². The Kier molecular flexibility index (Phi) is 8.94. The van der Waals surface area contributed by atoms with Gasteiger partial charge in [-0.25, -0.2) is 0 Å². The molecule has 0 atom stereocenters. The van der Waals surface area contributed by atoms with Crippen LogP contribution in [0.5, 0.6) is 0 Å². The van der Waals surface area contributed by atoms with Gasteiger partial charge in [0.1, 0.15) is 6.61 Å². The van der Waals surface area contributed by atoms with Crippen molar-refractivity contribution >= 4 is 5.91 Å². The van der Waals surface area contributed by atoms with Gasteiger partial charge in [-0.15, -0.1) is 0 Å². The molecule has 1 amide bonds. The Hall–Kier alpha value is -1.26. The lowest BCUT2D eigenvalue weighted by Crippen LogP contribution is -2.28. The van der Waals surface area contributed by atoms with E-state index < -0.39 is 0 Å². The van der Waals surface area contributed by atoms with Gasteiger partial charge in [-0.2, -0.15) is 0 Å². The lowest BCUT2D eigenvalue weighted by molar-refractivity contribution is -0.125. The molecular formula is C8H16N4O2. The largest absolute Gasteiger partial charge is 0.372 e. The molecule has 0 aromatic rings. The van der Waals surface area contributed by atoms with Crippen LogP contribution in [-0.2, 0) is 9.53 Å². The normalized spacial score (nSPS) is 9.21. The summed E-state index contributed by atoms with van der Waals surface area (Å²) >= 11 is 0. The first-order valence-corrected chi connectivity index (χ1v) is 4.66. The van der Waals surface area contributed by atoms with Crippen LogP contribution in [0.15, 0.2) is 5.11 Å². The highest BCUT2D eigenvalue weighted by molar-refractivity contribution is 5.77. The first-order valence-electron chi connectivity index (χ1n) is 4.66. The van der Waals surface area contributed by atoms with E-state index in [1.54, 1.807) is 0 Å². The van der Waals surface area contributed by atoms with Crippen molar-refractivity contribution in [1.29, 1.82) is 0 Å². The van der Waals surface area contributed by atoms with Crippen LogP contribution in [-0.4, -0.2) is 32.2 Å². The van der Waals surface area contributed by atoms with Crippen LogP contribution in [0.1, 0.15) is 19.8 Å². The molecule has 0 saturated heterocycles. The maximum atomic E-state index is 11.0. The van der Waals surface area contributed by atoms with E-state index in [1.165, 1.54) is 0 Å². The molecule has 0 heterocycles. The second-order valence-electron chi connectivity index (χ2n) is 2.71. The van der Waals surface area contributed by atoms with Crippen molar-refractivity contribution in [2.24, 2.45) is 5.11 Å². The summed E-state index contributed by atoms with van der Waals surface area (Å²) < 4.78 is 5.03. The monoisotopic (exact) mass is 200 g/mol. The number of azide groups is 1. The van der Waals surface area contributed by atoms with Gasteiger partial charge in [0.25, 0.3) is 0 Å². The Morgan fingerprint density at radius 3 is 3.07 bits per heavy atom. The molecule has 0 radical (unpaired) electrons. The number of nitrogens with zero attached hydrogens (tertiary/aromatic N) is 3. The minimum atomic E-state index is -0.126. The van der Waals surface area contributed by atoms with Gasteiger partial charge in [-0.1, -0.05) is 12.0 Å². The summed E-state index contributed by atoms with van der Waals surface area (Å²) in [5.74, 6) is -0.126. The van der Waals surface area contributed by atoms with Crippen LogP contribution in [0, 0.1) is 0 Å². The van der Waals surface area contributed by atoms with Gasteiger partial charge >= 0.3 is 0 Å². The second kappa shape index (κ2) is 9.83. The van der Waals surface area contributed by atoms with Gasteiger partial charge in [0.2, 0.25) is 5.91 Å². The smallest absolute Gasteiger partial charge is 0.245 e. The Morgan fingerprint density at radius 2 is 2.43 bits per heavy atom. The van der Waals surface area contributed by atoms with E-state index in [0.29, 0.717) is 26.1 Å². The van der Waals surface area contributed by atoms with Crippen molar-refractivity contribution < 1.29 is 9.53 Å². The molecule has 14 heavy (non-hydrogen) atoms. The molecule has 0 aliphatic heterocycles. The number of carbonyl (C=O) groups is 1. The second-order valence-corrected chi connectivity index (χ2v) is 2.71. The third-order valence-corrected chi connectivity index (χ3v) is 1.40. The molecule has 0 unspecified atom stereocenters. The highest BCUT2D eigenvalue weighted by Gasteiger charge is 1.98. The van der Waals surface area contributed by atoms with Crippen LogP contribution < -0.4 is 5.32 Å². The highest BCUT2D eigenvalue weighted by atomic mass is 16.5. The Balaban J connectivity index is 3.22. The van der Waals surface area contributed by atoms with E-state index in [9.17, 15) is 4.79 Å². The maximum absolute atomic E-state index is 11.0. The Bertz CT molecular complexity index is 202. The van der Waals surface area contributed by atoms with Crippen molar-refractivity contribution in [3.63, 3.8) is 0 Å². The lowest BCUT2D eigenvalue weighted by atomic mass is 10.4. The zero-order valence-corrected chi connectivity index (χ0v) is 8.40. The van der Waals surface area contributed by atoms with Crippen molar-refractivity contribution in [3.05, 3.63) is 10.4 Å². The standard InChI is InChI=1S/C8H16N4O2/c1-2-6-14-7-8(13)10-4-3-5-11-12-9/h2-7H2,1H3,(H,10,13). The first-order chi connectivity index (χ1) is 6.81. The molecule has 80 valence electrons. The van der Waals surface area contributed by atoms with Crippen LogP contribution in [0.4, 0.5) is 0 Å². The third-order valence-electron chi connectivity index (χ3n) is 1.40. The summed E-state index contributed by atoms with van der Waals surface area (Å²) in [4.78, 5) is 13.6. The lowest BCUT2D eigenvalue weighted by Gasteiger charge is -2.03. The molecule has 6 nitrogen and oxygen atoms in total. The van der Waals surface area contributed by atoms with Gasteiger partial charge in [-0.3, -0.25) is 4.79 Å². The minimum Gasteiger partial charge on any atom is -0.372 e. The summed E-state index contributed by atoms with van der Waals surface area (Å²) in [6, 6.07) is 0. The van der Waals surface area contributed by atoms with E-state index in [0.717, 1.165) is 6.42 Å². The van der Waals surface area contributed by atoms with E-state index >= 15 is 0 Å². The molecule has 0 aliphatic carbocycles. The highest BCUT2D eigenvalue weighted by Crippen LogP contribution is 1.82. The van der Waals surface area contributed by atoms with E-state index in [-0.39, 0.29) is 12.5 Å². The van der Waals surface area contributed by atoms with Crippen LogP contribution >= 0.6 is 0 Å². The SMILES string of the molecule is CCCOCC(=O)NCCCN=[N+]=[N-]. The predicted octanol–water partition coefficient (Wildman–Crippen LogP) is 1.23. The van der Waals surface area contributed by atoms with Gasteiger partial charge < -0.3 is 10.1 Å². The Labute approximate surface area is 83.3 Å². The van der Waals surface area contributed by atoms with Gasteiger partial charge in [0.15, 0.2) is 0 Å². The number of hydrogen-bond donors (Lipinski definition) is 1. The minimum absolute atomic E-state index is 0.107. The third kappa shape index (κ3) is 8.83. The molecule has 0 rings (SSSR count). The van der Waals surface area contributed by atoms with E-state index in [2.05, 4.69) is 15.3 Å². The molecular weight excluding hydrogens is 184 g/mol. The predicted molar refractivity (Wildman–Crippen MR) is 52.7 cm³/mol. The number of hydrogen-bond acceptors (Lipinski definition) is 3. The molecule has 0 spiro atoms.